The summed E-state index contributed by atoms with van der Waals surface area (Å²) in [5, 5.41) is 0. The summed E-state index contributed by atoms with van der Waals surface area (Å²) in [5.74, 6) is 0. The molecule has 3 rings (SSSR count). The second-order valence-corrected chi connectivity index (χ2v) is 6.29. The van der Waals surface area contributed by atoms with E-state index in [1.54, 1.807) is 0 Å². The fourth-order valence-electron chi connectivity index (χ4n) is 2.74. The largest absolute Gasteiger partial charge is 0.362 e. The third kappa shape index (κ3) is 5.37. The Balaban J connectivity index is 0.00000117. The highest BCUT2D eigenvalue weighted by Gasteiger charge is 2.16. The van der Waals surface area contributed by atoms with E-state index >= 15 is 0 Å². The van der Waals surface area contributed by atoms with Crippen molar-refractivity contribution >= 4 is 11.4 Å². The van der Waals surface area contributed by atoms with E-state index in [2.05, 4.69) is 74.2 Å². The second kappa shape index (κ2) is 9.08. The average Bonchev–Trinajstić information content (AvgIpc) is 3.32. The molecule has 0 aromatic rings. The molecule has 0 aliphatic carbocycles. The highest BCUT2D eigenvalue weighted by molar-refractivity contribution is 6.46. The molecule has 3 aliphatic heterocycles. The molecule has 0 spiro atoms. The first-order valence-corrected chi connectivity index (χ1v) is 9.00. The first kappa shape index (κ1) is 19.6. The highest BCUT2D eigenvalue weighted by Crippen LogP contribution is 2.16. The highest BCUT2D eigenvalue weighted by atomic mass is 15.4. The van der Waals surface area contributed by atoms with Crippen molar-refractivity contribution in [3.05, 3.63) is 61.1 Å². The summed E-state index contributed by atoms with van der Waals surface area (Å²) in [6.07, 6.45) is 14.5. The van der Waals surface area contributed by atoms with Gasteiger partial charge in [0.25, 0.3) is 0 Å². The summed E-state index contributed by atoms with van der Waals surface area (Å²) in [7, 11) is 2.08. The van der Waals surface area contributed by atoms with Crippen molar-refractivity contribution in [3.63, 3.8) is 0 Å². The molecule has 6 heteroatoms. The van der Waals surface area contributed by atoms with Crippen molar-refractivity contribution in [2.75, 3.05) is 27.1 Å². The number of aliphatic imine (C=N–C) groups is 2. The van der Waals surface area contributed by atoms with Crippen LogP contribution >= 0.6 is 0 Å². The van der Waals surface area contributed by atoms with E-state index in [0.29, 0.717) is 0 Å². The first-order valence-electron chi connectivity index (χ1n) is 9.00. The Kier molecular flexibility index (Phi) is 6.83. The van der Waals surface area contributed by atoms with Crippen LogP contribution in [-0.2, 0) is 0 Å². The predicted molar refractivity (Wildman–Crippen MR) is 110 cm³/mol. The summed E-state index contributed by atoms with van der Waals surface area (Å²) in [4.78, 5) is 17.8. The zero-order valence-electron chi connectivity index (χ0n) is 16.6. The lowest BCUT2D eigenvalue weighted by Gasteiger charge is -2.25. The average molecular weight is 355 g/mol. The molecule has 0 N–H and O–H groups in total. The lowest BCUT2D eigenvalue weighted by atomic mass is 10.2. The summed E-state index contributed by atoms with van der Waals surface area (Å²) in [5.41, 5.74) is 3.52. The van der Waals surface area contributed by atoms with Gasteiger partial charge in [-0.1, -0.05) is 20.4 Å². The molecule has 0 atom stereocenters. The van der Waals surface area contributed by atoms with E-state index in [4.69, 9.17) is 0 Å². The number of hydrogen-bond donors (Lipinski definition) is 0. The minimum absolute atomic E-state index is 0.792. The van der Waals surface area contributed by atoms with Crippen molar-refractivity contribution < 1.29 is 0 Å². The van der Waals surface area contributed by atoms with Gasteiger partial charge in [0.05, 0.1) is 37.1 Å². The molecular weight excluding hydrogens is 324 g/mol. The van der Waals surface area contributed by atoms with Gasteiger partial charge < -0.3 is 19.6 Å². The fraction of sp³-hybridized carbons (Fsp3) is 0.400. The van der Waals surface area contributed by atoms with E-state index in [1.807, 2.05) is 39.8 Å². The summed E-state index contributed by atoms with van der Waals surface area (Å²) < 4.78 is 0. The molecule has 0 fully saturated rings. The molecule has 0 radical (unpaired) electrons. The van der Waals surface area contributed by atoms with Gasteiger partial charge in [0.2, 0.25) is 0 Å². The summed E-state index contributed by atoms with van der Waals surface area (Å²) >= 11 is 0. The zero-order chi connectivity index (χ0) is 19.1. The van der Waals surface area contributed by atoms with Gasteiger partial charge in [-0.3, -0.25) is 4.99 Å². The summed E-state index contributed by atoms with van der Waals surface area (Å²) in [6.45, 7) is 14.3. The Hall–Kier alpha value is -2.76. The van der Waals surface area contributed by atoms with Crippen molar-refractivity contribution in [2.45, 2.75) is 27.7 Å². The van der Waals surface area contributed by atoms with Crippen LogP contribution in [0.25, 0.3) is 0 Å². The molecule has 0 saturated heterocycles. The molecule has 3 heterocycles. The second-order valence-electron chi connectivity index (χ2n) is 6.29. The quantitative estimate of drug-likeness (QED) is 0.708. The van der Waals surface area contributed by atoms with Gasteiger partial charge in [0.15, 0.2) is 0 Å². The zero-order valence-corrected chi connectivity index (χ0v) is 16.6. The van der Waals surface area contributed by atoms with Gasteiger partial charge >= 0.3 is 0 Å². The van der Waals surface area contributed by atoms with Crippen LogP contribution in [0.1, 0.15) is 27.7 Å². The van der Waals surface area contributed by atoms with Crippen molar-refractivity contribution in [1.82, 2.24) is 19.6 Å². The number of rotatable bonds is 5. The Bertz CT molecular complexity index is 695. The molecule has 140 valence electrons. The maximum Gasteiger partial charge on any atom is 0.0953 e. The van der Waals surface area contributed by atoms with Crippen LogP contribution in [0.4, 0.5) is 0 Å². The SMILES string of the molecule is C=C(C)N=C(C)C1=N/C(=C\N2C=CN(CN3C=CN(C)C3)C2)C=C1.CC. The smallest absolute Gasteiger partial charge is 0.0953 e. The Morgan fingerprint density at radius 1 is 1.12 bits per heavy atom. The van der Waals surface area contributed by atoms with Crippen LogP contribution in [0.2, 0.25) is 0 Å². The Labute approximate surface area is 157 Å². The van der Waals surface area contributed by atoms with Gasteiger partial charge in [-0.05, 0) is 26.0 Å². The van der Waals surface area contributed by atoms with Gasteiger partial charge in [-0.25, -0.2) is 4.99 Å². The van der Waals surface area contributed by atoms with Crippen molar-refractivity contribution in [2.24, 2.45) is 9.98 Å². The third-order valence-corrected chi connectivity index (χ3v) is 3.80. The minimum Gasteiger partial charge on any atom is -0.362 e. The monoisotopic (exact) mass is 354 g/mol. The molecule has 0 aromatic carbocycles. The lowest BCUT2D eigenvalue weighted by Crippen LogP contribution is -2.34. The molecule has 0 aromatic heterocycles. The van der Waals surface area contributed by atoms with E-state index in [9.17, 15) is 0 Å². The van der Waals surface area contributed by atoms with Crippen molar-refractivity contribution in [3.8, 4) is 0 Å². The molecule has 0 amide bonds. The van der Waals surface area contributed by atoms with Crippen LogP contribution in [0.3, 0.4) is 0 Å². The molecule has 0 bridgehead atoms. The molecule has 3 aliphatic rings. The Morgan fingerprint density at radius 2 is 1.81 bits per heavy atom. The van der Waals surface area contributed by atoms with Crippen LogP contribution in [0, 0.1) is 0 Å². The van der Waals surface area contributed by atoms with E-state index in [-0.39, 0.29) is 0 Å². The van der Waals surface area contributed by atoms with E-state index < -0.39 is 0 Å². The molecule has 0 unspecified atom stereocenters. The van der Waals surface area contributed by atoms with E-state index in [1.165, 1.54) is 0 Å². The number of hydrogen-bond acceptors (Lipinski definition) is 6. The predicted octanol–water partition coefficient (Wildman–Crippen LogP) is 3.54. The summed E-state index contributed by atoms with van der Waals surface area (Å²) in [6, 6.07) is 0. The molecular formula is C20H30N6. The van der Waals surface area contributed by atoms with Crippen LogP contribution in [0.5, 0.6) is 0 Å². The van der Waals surface area contributed by atoms with Gasteiger partial charge in [0, 0.05) is 43.7 Å². The van der Waals surface area contributed by atoms with Crippen LogP contribution in [-0.4, -0.2) is 58.1 Å². The topological polar surface area (TPSA) is 37.7 Å². The number of nitrogens with zero attached hydrogens (tertiary/aromatic N) is 6. The van der Waals surface area contributed by atoms with Gasteiger partial charge in [-0.2, -0.15) is 0 Å². The number of allylic oxidation sites excluding steroid dienone is 3. The maximum absolute atomic E-state index is 4.62. The van der Waals surface area contributed by atoms with Crippen molar-refractivity contribution in [1.29, 1.82) is 0 Å². The molecule has 6 nitrogen and oxygen atoms in total. The standard InChI is InChI=1S/C18H24N6.C2H6/c1-15(2)19-16(3)18-6-5-17(20-18)11-22-9-10-24(13-22)14-23-8-7-21(4)12-23;1-2/h5-11H,1,12-14H2,2-4H3;1-2H3/b17-11-,19-16?;. The molecule has 26 heavy (non-hydrogen) atoms. The first-order chi connectivity index (χ1) is 12.5. The fourth-order valence-corrected chi connectivity index (χ4v) is 2.74. The third-order valence-electron chi connectivity index (χ3n) is 3.80. The van der Waals surface area contributed by atoms with E-state index in [0.717, 1.165) is 42.8 Å². The maximum atomic E-state index is 4.62. The minimum atomic E-state index is 0.792. The van der Waals surface area contributed by atoms with Crippen LogP contribution in [0.15, 0.2) is 71.1 Å². The van der Waals surface area contributed by atoms with Gasteiger partial charge in [0.1, 0.15) is 0 Å². The lowest BCUT2D eigenvalue weighted by molar-refractivity contribution is 0.184. The molecule has 0 saturated carbocycles. The Morgan fingerprint density at radius 3 is 2.46 bits per heavy atom. The normalized spacial score (nSPS) is 20.3. The van der Waals surface area contributed by atoms with Gasteiger partial charge in [-0.15, -0.1) is 0 Å². The van der Waals surface area contributed by atoms with Crippen LogP contribution < -0.4 is 0 Å².